The van der Waals surface area contributed by atoms with Gasteiger partial charge in [-0.25, -0.2) is 4.98 Å². The number of benzene rings is 1. The zero-order valence-electron chi connectivity index (χ0n) is 13.0. The van der Waals surface area contributed by atoms with E-state index in [1.165, 1.54) is 11.9 Å². The minimum absolute atomic E-state index is 0.145. The Hall–Kier alpha value is -1.39. The Morgan fingerprint density at radius 1 is 1.38 bits per heavy atom. The van der Waals surface area contributed by atoms with E-state index in [-0.39, 0.29) is 6.10 Å². The lowest BCUT2D eigenvalue weighted by atomic mass is 10.1. The molecule has 3 rings (SSSR count). The van der Waals surface area contributed by atoms with Crippen molar-refractivity contribution < 1.29 is 4.74 Å². The number of aromatic nitrogens is 2. The lowest BCUT2D eigenvalue weighted by Crippen LogP contribution is -2.18. The number of ether oxygens (including phenoxy) is 1. The van der Waals surface area contributed by atoms with Crippen LogP contribution in [-0.2, 0) is 17.8 Å². The molecular formula is C17H25N3O. The van der Waals surface area contributed by atoms with Crippen LogP contribution in [0.3, 0.4) is 0 Å². The van der Waals surface area contributed by atoms with Gasteiger partial charge in [-0.15, -0.1) is 0 Å². The van der Waals surface area contributed by atoms with Gasteiger partial charge in [0, 0.05) is 19.7 Å². The van der Waals surface area contributed by atoms with Crippen molar-refractivity contribution >= 4 is 11.0 Å². The molecule has 1 fully saturated rings. The molecule has 0 aliphatic carbocycles. The largest absolute Gasteiger partial charge is 0.370 e. The molecule has 1 aliphatic heterocycles. The van der Waals surface area contributed by atoms with E-state index in [1.807, 2.05) is 0 Å². The SMILES string of the molecule is CC(C)Cn1c(C2CCCCO2)nc2cc(CN)ccc21. The number of fused-ring (bicyclic) bond motifs is 1. The number of nitrogens with two attached hydrogens (primary N) is 1. The smallest absolute Gasteiger partial charge is 0.139 e. The third-order valence-electron chi connectivity index (χ3n) is 4.09. The Labute approximate surface area is 126 Å². The van der Waals surface area contributed by atoms with Gasteiger partial charge in [-0.2, -0.15) is 0 Å². The average Bonchev–Trinajstić information content (AvgIpc) is 2.85. The molecule has 0 radical (unpaired) electrons. The van der Waals surface area contributed by atoms with Crippen LogP contribution in [0.2, 0.25) is 0 Å². The van der Waals surface area contributed by atoms with E-state index >= 15 is 0 Å². The van der Waals surface area contributed by atoms with Gasteiger partial charge in [0.05, 0.1) is 11.0 Å². The summed E-state index contributed by atoms with van der Waals surface area (Å²) in [5, 5.41) is 0. The second-order valence-corrected chi connectivity index (χ2v) is 6.36. The van der Waals surface area contributed by atoms with Gasteiger partial charge in [0.25, 0.3) is 0 Å². The van der Waals surface area contributed by atoms with Crippen molar-refractivity contribution in [3.8, 4) is 0 Å². The Kier molecular flexibility index (Phi) is 4.27. The van der Waals surface area contributed by atoms with E-state index < -0.39 is 0 Å². The van der Waals surface area contributed by atoms with Crippen molar-refractivity contribution in [2.24, 2.45) is 11.7 Å². The van der Waals surface area contributed by atoms with E-state index in [2.05, 4.69) is 36.6 Å². The molecule has 21 heavy (non-hydrogen) atoms. The molecule has 114 valence electrons. The Bertz CT molecular complexity index is 612. The second-order valence-electron chi connectivity index (χ2n) is 6.36. The first-order valence-corrected chi connectivity index (χ1v) is 7.99. The van der Waals surface area contributed by atoms with Crippen molar-refractivity contribution in [3.63, 3.8) is 0 Å². The zero-order valence-corrected chi connectivity index (χ0v) is 13.0. The van der Waals surface area contributed by atoms with Crippen LogP contribution in [0.5, 0.6) is 0 Å². The van der Waals surface area contributed by atoms with Gasteiger partial charge in [-0.05, 0) is 42.9 Å². The highest BCUT2D eigenvalue weighted by atomic mass is 16.5. The van der Waals surface area contributed by atoms with Gasteiger partial charge >= 0.3 is 0 Å². The minimum Gasteiger partial charge on any atom is -0.370 e. The fraction of sp³-hybridized carbons (Fsp3) is 0.588. The normalized spacial score (nSPS) is 19.5. The van der Waals surface area contributed by atoms with Gasteiger partial charge in [0.2, 0.25) is 0 Å². The van der Waals surface area contributed by atoms with Crippen molar-refractivity contribution in [1.29, 1.82) is 0 Å². The highest BCUT2D eigenvalue weighted by Crippen LogP contribution is 2.30. The Morgan fingerprint density at radius 2 is 2.24 bits per heavy atom. The monoisotopic (exact) mass is 287 g/mol. The van der Waals surface area contributed by atoms with E-state index in [0.717, 1.165) is 42.9 Å². The van der Waals surface area contributed by atoms with Crippen LogP contribution >= 0.6 is 0 Å². The summed E-state index contributed by atoms with van der Waals surface area (Å²) < 4.78 is 8.31. The molecular weight excluding hydrogens is 262 g/mol. The van der Waals surface area contributed by atoms with E-state index in [0.29, 0.717) is 12.5 Å². The Balaban J connectivity index is 2.07. The molecule has 1 aromatic heterocycles. The van der Waals surface area contributed by atoms with Crippen LogP contribution in [0.15, 0.2) is 18.2 Å². The molecule has 1 atom stereocenters. The lowest BCUT2D eigenvalue weighted by molar-refractivity contribution is 0.00736. The highest BCUT2D eigenvalue weighted by molar-refractivity contribution is 5.77. The number of imidazole rings is 1. The van der Waals surface area contributed by atoms with Crippen LogP contribution in [0.25, 0.3) is 11.0 Å². The quantitative estimate of drug-likeness (QED) is 0.937. The van der Waals surface area contributed by atoms with Gasteiger partial charge < -0.3 is 15.0 Å². The van der Waals surface area contributed by atoms with Gasteiger partial charge in [-0.3, -0.25) is 0 Å². The molecule has 0 saturated carbocycles. The van der Waals surface area contributed by atoms with Crippen LogP contribution in [-0.4, -0.2) is 16.2 Å². The first-order chi connectivity index (χ1) is 10.2. The number of hydrogen-bond donors (Lipinski definition) is 1. The topological polar surface area (TPSA) is 53.1 Å². The van der Waals surface area contributed by atoms with Crippen molar-refractivity contribution in [2.75, 3.05) is 6.61 Å². The molecule has 0 spiro atoms. The fourth-order valence-electron chi connectivity index (χ4n) is 3.07. The summed E-state index contributed by atoms with van der Waals surface area (Å²) in [5.41, 5.74) is 9.13. The summed E-state index contributed by atoms with van der Waals surface area (Å²) in [5.74, 6) is 1.67. The maximum Gasteiger partial charge on any atom is 0.139 e. The second kappa shape index (κ2) is 6.16. The first kappa shape index (κ1) is 14.5. The van der Waals surface area contributed by atoms with E-state index in [4.69, 9.17) is 15.5 Å². The van der Waals surface area contributed by atoms with Crippen LogP contribution in [0, 0.1) is 5.92 Å². The standard InChI is InChI=1S/C17H25N3O/c1-12(2)11-20-15-7-6-13(10-18)9-14(15)19-17(20)16-5-3-4-8-21-16/h6-7,9,12,16H,3-5,8,10-11,18H2,1-2H3. The Morgan fingerprint density at radius 3 is 2.90 bits per heavy atom. The van der Waals surface area contributed by atoms with Gasteiger partial charge in [0.1, 0.15) is 11.9 Å². The third-order valence-corrected chi connectivity index (χ3v) is 4.09. The van der Waals surface area contributed by atoms with Crippen molar-refractivity contribution in [2.45, 2.75) is 52.3 Å². The molecule has 0 bridgehead atoms. The summed E-state index contributed by atoms with van der Waals surface area (Å²) in [6.45, 7) is 6.87. The molecule has 2 N–H and O–H groups in total. The molecule has 1 aliphatic rings. The van der Waals surface area contributed by atoms with Gasteiger partial charge in [-0.1, -0.05) is 19.9 Å². The minimum atomic E-state index is 0.145. The summed E-state index contributed by atoms with van der Waals surface area (Å²) in [6.07, 6.45) is 3.61. The van der Waals surface area contributed by atoms with E-state index in [1.54, 1.807) is 0 Å². The zero-order chi connectivity index (χ0) is 14.8. The van der Waals surface area contributed by atoms with Crippen LogP contribution in [0.4, 0.5) is 0 Å². The predicted octanol–water partition coefficient (Wildman–Crippen LogP) is 3.39. The molecule has 2 aromatic rings. The molecule has 2 heterocycles. The summed E-state index contributed by atoms with van der Waals surface area (Å²) in [7, 11) is 0. The summed E-state index contributed by atoms with van der Waals surface area (Å²) in [4.78, 5) is 4.88. The van der Waals surface area contributed by atoms with Crippen LogP contribution < -0.4 is 5.73 Å². The maximum absolute atomic E-state index is 5.96. The molecule has 1 unspecified atom stereocenters. The first-order valence-electron chi connectivity index (χ1n) is 7.99. The van der Waals surface area contributed by atoms with Crippen molar-refractivity contribution in [1.82, 2.24) is 9.55 Å². The third kappa shape index (κ3) is 2.97. The maximum atomic E-state index is 5.96. The molecule has 4 nitrogen and oxygen atoms in total. The fourth-order valence-corrected chi connectivity index (χ4v) is 3.07. The van der Waals surface area contributed by atoms with Gasteiger partial charge in [0.15, 0.2) is 0 Å². The average molecular weight is 287 g/mol. The molecule has 1 aromatic carbocycles. The number of nitrogens with zero attached hydrogens (tertiary/aromatic N) is 2. The lowest BCUT2D eigenvalue weighted by Gasteiger charge is -2.23. The summed E-state index contributed by atoms with van der Waals surface area (Å²) >= 11 is 0. The molecule has 1 saturated heterocycles. The molecule has 4 heteroatoms. The van der Waals surface area contributed by atoms with Crippen LogP contribution in [0.1, 0.15) is 50.6 Å². The van der Waals surface area contributed by atoms with Crippen molar-refractivity contribution in [3.05, 3.63) is 29.6 Å². The number of rotatable bonds is 4. The number of hydrogen-bond acceptors (Lipinski definition) is 3. The molecule has 0 amide bonds. The summed E-state index contributed by atoms with van der Waals surface area (Å²) in [6, 6.07) is 6.37. The predicted molar refractivity (Wildman–Crippen MR) is 85.0 cm³/mol. The van der Waals surface area contributed by atoms with E-state index in [9.17, 15) is 0 Å². The highest BCUT2D eigenvalue weighted by Gasteiger charge is 2.23.